The predicted octanol–water partition coefficient (Wildman–Crippen LogP) is 5.86. The van der Waals surface area contributed by atoms with Crippen molar-refractivity contribution in [2.45, 2.75) is 64.6 Å². The minimum absolute atomic E-state index is 0.0646. The first-order valence-corrected chi connectivity index (χ1v) is 13.4. The first kappa shape index (κ1) is 25.3. The smallest absolute Gasteiger partial charge is 0.342 e. The highest BCUT2D eigenvalue weighted by Gasteiger charge is 2.35. The minimum Gasteiger partial charge on any atom is -0.465 e. The second-order valence-corrected chi connectivity index (χ2v) is 10.4. The average Bonchev–Trinajstić information content (AvgIpc) is 3.25. The number of piperidine rings is 1. The molecule has 0 saturated carbocycles. The van der Waals surface area contributed by atoms with Gasteiger partial charge in [0.05, 0.1) is 38.0 Å². The van der Waals surface area contributed by atoms with Crippen molar-refractivity contribution in [3.05, 3.63) is 58.7 Å². The molecule has 0 amide bonds. The van der Waals surface area contributed by atoms with Gasteiger partial charge in [-0.1, -0.05) is 25.5 Å². The molecule has 2 aliphatic rings. The summed E-state index contributed by atoms with van der Waals surface area (Å²) in [7, 11) is 1.41. The van der Waals surface area contributed by atoms with Crippen molar-refractivity contribution in [2.75, 3.05) is 31.8 Å². The number of aryl methyl sites for hydroxylation is 1. The van der Waals surface area contributed by atoms with E-state index in [1.54, 1.807) is 12.1 Å². The summed E-state index contributed by atoms with van der Waals surface area (Å²) in [5, 5.41) is 10.2. The molecule has 3 heterocycles. The maximum atomic E-state index is 13.0. The Morgan fingerprint density at radius 2 is 2.05 bits per heavy atom. The van der Waals surface area contributed by atoms with Gasteiger partial charge in [0.15, 0.2) is 0 Å². The van der Waals surface area contributed by atoms with Gasteiger partial charge in [0.25, 0.3) is 0 Å². The number of likely N-dealkylation sites (tertiary alicyclic amines) is 1. The number of benzene rings is 2. The fraction of sp³-hybridized carbons (Fsp3) is 0.467. The Morgan fingerprint density at radius 3 is 2.70 bits per heavy atom. The maximum absolute atomic E-state index is 13.0. The fourth-order valence-electron chi connectivity index (χ4n) is 5.93. The Bertz CT molecular complexity index is 1330. The zero-order chi connectivity index (χ0) is 26.1. The fourth-order valence-corrected chi connectivity index (χ4v) is 5.93. The van der Waals surface area contributed by atoms with Crippen LogP contribution in [0.1, 0.15) is 73.1 Å². The number of aromatic nitrogens is 1. The van der Waals surface area contributed by atoms with E-state index in [0.29, 0.717) is 29.0 Å². The normalized spacial score (nSPS) is 18.5. The summed E-state index contributed by atoms with van der Waals surface area (Å²) in [6, 6.07) is 15.2. The van der Waals surface area contributed by atoms with Crippen LogP contribution in [0.3, 0.4) is 0 Å². The van der Waals surface area contributed by atoms with Crippen LogP contribution < -0.4 is 4.90 Å². The molecule has 7 heteroatoms. The molecule has 0 bridgehead atoms. The van der Waals surface area contributed by atoms with Gasteiger partial charge < -0.3 is 19.4 Å². The molecule has 2 fully saturated rings. The SMILES string of the molecule is CCc1ccc(N(c2[nH]c3cc(C#N)ccc3c2C(=O)OC)C(C)C)cc1C1CCCCN1C1COC1. The summed E-state index contributed by atoms with van der Waals surface area (Å²) in [5.41, 5.74) is 5.55. The number of nitrogens with one attached hydrogen (secondary N) is 1. The van der Waals surface area contributed by atoms with Gasteiger partial charge in [0.2, 0.25) is 0 Å². The molecule has 194 valence electrons. The third kappa shape index (κ3) is 4.60. The van der Waals surface area contributed by atoms with E-state index in [2.05, 4.69) is 59.8 Å². The number of carbonyl (C=O) groups excluding carboxylic acids is 1. The van der Waals surface area contributed by atoms with Gasteiger partial charge in [-0.3, -0.25) is 4.90 Å². The number of hydrogen-bond acceptors (Lipinski definition) is 6. The van der Waals surface area contributed by atoms with Gasteiger partial charge in [-0.25, -0.2) is 4.79 Å². The van der Waals surface area contributed by atoms with Crippen molar-refractivity contribution < 1.29 is 14.3 Å². The summed E-state index contributed by atoms with van der Waals surface area (Å²) < 4.78 is 10.8. The molecule has 1 aromatic heterocycles. The van der Waals surface area contributed by atoms with Crippen LogP contribution in [0.15, 0.2) is 36.4 Å². The first-order valence-electron chi connectivity index (χ1n) is 13.4. The lowest BCUT2D eigenvalue weighted by atomic mass is 9.89. The molecule has 1 atom stereocenters. The van der Waals surface area contributed by atoms with Crippen molar-refractivity contribution in [1.82, 2.24) is 9.88 Å². The van der Waals surface area contributed by atoms with Crippen molar-refractivity contribution in [2.24, 2.45) is 0 Å². The summed E-state index contributed by atoms with van der Waals surface area (Å²) >= 11 is 0. The van der Waals surface area contributed by atoms with E-state index in [4.69, 9.17) is 9.47 Å². The third-order valence-corrected chi connectivity index (χ3v) is 7.84. The standard InChI is InChI=1S/C30H36N4O3/c1-5-21-10-11-22(15-25(21)27-8-6-7-13-33(27)23-17-37-18-23)34(19(2)3)29-28(30(35)36-4)24-12-9-20(16-31)14-26(24)32-29/h9-12,14-15,19,23,27,32H,5-8,13,17-18H2,1-4H3. The van der Waals surface area contributed by atoms with Gasteiger partial charge in [-0.2, -0.15) is 5.26 Å². The average molecular weight is 501 g/mol. The number of methoxy groups -OCH3 is 1. The zero-order valence-corrected chi connectivity index (χ0v) is 22.2. The number of carbonyl (C=O) groups is 1. The monoisotopic (exact) mass is 500 g/mol. The molecule has 2 aliphatic heterocycles. The molecule has 37 heavy (non-hydrogen) atoms. The molecule has 1 unspecified atom stereocenters. The van der Waals surface area contributed by atoms with Gasteiger partial charge >= 0.3 is 5.97 Å². The van der Waals surface area contributed by atoms with E-state index < -0.39 is 5.97 Å². The molecule has 7 nitrogen and oxygen atoms in total. The van der Waals surface area contributed by atoms with E-state index in [-0.39, 0.29) is 6.04 Å². The first-order chi connectivity index (χ1) is 18.0. The zero-order valence-electron chi connectivity index (χ0n) is 22.2. The van der Waals surface area contributed by atoms with E-state index in [1.807, 2.05) is 6.07 Å². The molecular formula is C30H36N4O3. The minimum atomic E-state index is -0.398. The summed E-state index contributed by atoms with van der Waals surface area (Å²) in [6.07, 6.45) is 4.57. The molecule has 2 aromatic carbocycles. The van der Waals surface area contributed by atoms with Crippen LogP contribution in [-0.4, -0.2) is 54.8 Å². The lowest BCUT2D eigenvalue weighted by Crippen LogP contribution is -2.52. The highest BCUT2D eigenvalue weighted by Crippen LogP contribution is 2.41. The predicted molar refractivity (Wildman–Crippen MR) is 145 cm³/mol. The maximum Gasteiger partial charge on any atom is 0.342 e. The third-order valence-electron chi connectivity index (χ3n) is 7.84. The summed E-state index contributed by atoms with van der Waals surface area (Å²) in [5.74, 6) is 0.292. The van der Waals surface area contributed by atoms with Gasteiger partial charge in [0, 0.05) is 28.7 Å². The molecule has 0 aliphatic carbocycles. The Kier molecular flexibility index (Phi) is 7.23. The number of aromatic amines is 1. The lowest BCUT2D eigenvalue weighted by molar-refractivity contribution is -0.0881. The van der Waals surface area contributed by atoms with Crippen LogP contribution in [0, 0.1) is 11.3 Å². The highest BCUT2D eigenvalue weighted by molar-refractivity contribution is 6.10. The summed E-state index contributed by atoms with van der Waals surface area (Å²) in [4.78, 5) is 21.3. The number of H-pyrrole nitrogens is 1. The lowest BCUT2D eigenvalue weighted by Gasteiger charge is -2.45. The number of esters is 1. The Labute approximate surface area is 219 Å². The number of hydrogen-bond donors (Lipinski definition) is 1. The molecule has 0 radical (unpaired) electrons. The Morgan fingerprint density at radius 1 is 1.24 bits per heavy atom. The van der Waals surface area contributed by atoms with E-state index >= 15 is 0 Å². The number of ether oxygens (including phenoxy) is 2. The second-order valence-electron chi connectivity index (χ2n) is 10.4. The van der Waals surface area contributed by atoms with Crippen LogP contribution in [0.5, 0.6) is 0 Å². The van der Waals surface area contributed by atoms with E-state index in [9.17, 15) is 10.1 Å². The number of nitrogens with zero attached hydrogens (tertiary/aromatic N) is 3. The Balaban J connectivity index is 1.64. The quantitative estimate of drug-likeness (QED) is 0.409. The van der Waals surface area contributed by atoms with Crippen LogP contribution in [0.2, 0.25) is 0 Å². The Hall–Kier alpha value is -3.34. The van der Waals surface area contributed by atoms with Crippen molar-refractivity contribution >= 4 is 28.4 Å². The van der Waals surface area contributed by atoms with Crippen molar-refractivity contribution in [3.8, 4) is 6.07 Å². The van der Waals surface area contributed by atoms with Crippen LogP contribution in [-0.2, 0) is 15.9 Å². The number of fused-ring (bicyclic) bond motifs is 1. The van der Waals surface area contributed by atoms with Crippen LogP contribution in [0.4, 0.5) is 11.5 Å². The van der Waals surface area contributed by atoms with Gasteiger partial charge in [0.1, 0.15) is 11.4 Å². The van der Waals surface area contributed by atoms with Gasteiger partial charge in [-0.05, 0) is 75.0 Å². The number of nitriles is 1. The van der Waals surface area contributed by atoms with Gasteiger partial charge in [-0.15, -0.1) is 0 Å². The number of rotatable bonds is 7. The van der Waals surface area contributed by atoms with Crippen LogP contribution >= 0.6 is 0 Å². The van der Waals surface area contributed by atoms with Crippen molar-refractivity contribution in [1.29, 1.82) is 5.26 Å². The van der Waals surface area contributed by atoms with E-state index in [1.165, 1.54) is 31.1 Å². The topological polar surface area (TPSA) is 81.6 Å². The molecular weight excluding hydrogens is 464 g/mol. The molecule has 1 N–H and O–H groups in total. The molecule has 5 rings (SSSR count). The largest absolute Gasteiger partial charge is 0.465 e. The summed E-state index contributed by atoms with van der Waals surface area (Å²) in [6.45, 7) is 9.21. The highest BCUT2D eigenvalue weighted by atomic mass is 16.5. The molecule has 2 saturated heterocycles. The second kappa shape index (κ2) is 10.6. The van der Waals surface area contributed by atoms with E-state index in [0.717, 1.165) is 49.2 Å². The molecule has 3 aromatic rings. The molecule has 0 spiro atoms. The van der Waals surface area contributed by atoms with Crippen molar-refractivity contribution in [3.63, 3.8) is 0 Å². The van der Waals surface area contributed by atoms with Crippen LogP contribution in [0.25, 0.3) is 10.9 Å². The number of anilines is 2.